The van der Waals surface area contributed by atoms with Gasteiger partial charge >= 0.3 is 5.97 Å². The summed E-state index contributed by atoms with van der Waals surface area (Å²) in [5.74, 6) is -0.214. The van der Waals surface area contributed by atoms with Gasteiger partial charge in [-0.15, -0.1) is 0 Å². The Bertz CT molecular complexity index is 1540. The molecule has 0 aliphatic carbocycles. The second-order valence-corrected chi connectivity index (χ2v) is 10.5. The molecular weight excluding hydrogens is 532 g/mol. The van der Waals surface area contributed by atoms with Crippen LogP contribution in [0.25, 0.3) is 0 Å². The number of carbonyl (C=O) groups is 1. The van der Waals surface area contributed by atoms with E-state index in [2.05, 4.69) is 4.90 Å². The molecule has 1 fully saturated rings. The first-order chi connectivity index (χ1) is 19.8. The van der Waals surface area contributed by atoms with E-state index >= 15 is 0 Å². The number of esters is 1. The fraction of sp³-hybridized carbons (Fsp3) is 0.433. The largest absolute Gasteiger partial charge is 0.502 e. The van der Waals surface area contributed by atoms with Crippen molar-refractivity contribution in [3.05, 3.63) is 79.8 Å². The van der Waals surface area contributed by atoms with Gasteiger partial charge in [0.2, 0.25) is 16.9 Å². The van der Waals surface area contributed by atoms with E-state index in [-0.39, 0.29) is 29.6 Å². The lowest BCUT2D eigenvalue weighted by molar-refractivity contribution is -0.140. The summed E-state index contributed by atoms with van der Waals surface area (Å²) < 4.78 is 29.4. The molecule has 41 heavy (non-hydrogen) atoms. The van der Waals surface area contributed by atoms with Crippen LogP contribution in [0.3, 0.4) is 0 Å². The maximum Gasteiger partial charge on any atom is 0.306 e. The highest BCUT2D eigenvalue weighted by molar-refractivity contribution is 5.71. The quantitative estimate of drug-likeness (QED) is 0.386. The number of rotatable bonds is 9. The van der Waals surface area contributed by atoms with Crippen LogP contribution in [-0.4, -0.2) is 62.1 Å². The van der Waals surface area contributed by atoms with Crippen LogP contribution in [0.4, 0.5) is 0 Å². The van der Waals surface area contributed by atoms with Gasteiger partial charge in [-0.05, 0) is 36.1 Å². The SMILES string of the molecule is COC(=O)C[C@H](c1cc(OC)c(OC)c(OC)c1)c1oc(CN2C[C@H]3C[C@@H](C2)c2cccc(=O)n2C3)cc(=O)c1O. The fourth-order valence-corrected chi connectivity index (χ4v) is 6.13. The van der Waals surface area contributed by atoms with Crippen LogP contribution in [-0.2, 0) is 22.6 Å². The molecule has 2 aromatic heterocycles. The van der Waals surface area contributed by atoms with Crippen LogP contribution in [0.1, 0.15) is 47.5 Å². The van der Waals surface area contributed by atoms with Crippen LogP contribution < -0.4 is 25.2 Å². The Morgan fingerprint density at radius 1 is 1.02 bits per heavy atom. The van der Waals surface area contributed by atoms with Gasteiger partial charge in [0.15, 0.2) is 17.3 Å². The molecule has 0 saturated carbocycles. The van der Waals surface area contributed by atoms with Crippen molar-refractivity contribution in [3.63, 3.8) is 0 Å². The zero-order valence-corrected chi connectivity index (χ0v) is 23.5. The Kier molecular flexibility index (Phi) is 8.07. The number of fused-ring (bicyclic) bond motifs is 4. The van der Waals surface area contributed by atoms with Gasteiger partial charge in [0.25, 0.3) is 5.56 Å². The number of hydrogen-bond acceptors (Lipinski definition) is 10. The molecular formula is C30H34N2O9. The summed E-state index contributed by atoms with van der Waals surface area (Å²) in [6.07, 6.45) is 0.779. The summed E-state index contributed by atoms with van der Waals surface area (Å²) in [5, 5.41) is 10.9. The standard InChI is InChI=1S/C30H34N2O9/c1-37-24-9-18(10-25(38-2)30(24)40-4)21(12-27(35)39-3)29-28(36)23(33)11-20(41-29)16-31-13-17-8-19(15-31)22-6-5-7-26(34)32(22)14-17/h5-7,9-11,17,19,21,36H,8,12-16H2,1-4H3/t17-,19+,21-/m1/s1. The lowest BCUT2D eigenvalue weighted by atomic mass is 9.83. The normalized spacial score (nSPS) is 18.7. The van der Waals surface area contributed by atoms with Gasteiger partial charge < -0.3 is 33.0 Å². The number of benzene rings is 1. The molecule has 1 N–H and O–H groups in total. The third-order valence-corrected chi connectivity index (χ3v) is 7.94. The lowest BCUT2D eigenvalue weighted by Gasteiger charge is -2.42. The molecule has 0 spiro atoms. The Morgan fingerprint density at radius 3 is 2.41 bits per heavy atom. The van der Waals surface area contributed by atoms with Crippen LogP contribution in [0.2, 0.25) is 0 Å². The second kappa shape index (κ2) is 11.7. The first kappa shape index (κ1) is 28.3. The minimum absolute atomic E-state index is 0.0169. The lowest BCUT2D eigenvalue weighted by Crippen LogP contribution is -2.46. The van der Waals surface area contributed by atoms with E-state index in [0.29, 0.717) is 48.2 Å². The van der Waals surface area contributed by atoms with E-state index < -0.39 is 23.1 Å². The van der Waals surface area contributed by atoms with E-state index in [1.807, 2.05) is 10.6 Å². The molecule has 2 bridgehead atoms. The molecule has 1 saturated heterocycles. The number of aromatic hydroxyl groups is 1. The summed E-state index contributed by atoms with van der Waals surface area (Å²) in [7, 11) is 5.68. The van der Waals surface area contributed by atoms with E-state index in [1.165, 1.54) is 34.5 Å². The molecule has 4 heterocycles. The van der Waals surface area contributed by atoms with Crippen molar-refractivity contribution in [2.75, 3.05) is 41.5 Å². The first-order valence-electron chi connectivity index (χ1n) is 13.4. The Labute approximate surface area is 236 Å². The summed E-state index contributed by atoms with van der Waals surface area (Å²) in [4.78, 5) is 40.1. The molecule has 1 aromatic carbocycles. The Morgan fingerprint density at radius 2 is 1.76 bits per heavy atom. The summed E-state index contributed by atoms with van der Waals surface area (Å²) in [6, 6.07) is 9.96. The number of aromatic nitrogens is 1. The molecule has 3 atom stereocenters. The molecule has 2 aliphatic rings. The molecule has 3 aromatic rings. The summed E-state index contributed by atoms with van der Waals surface area (Å²) >= 11 is 0. The predicted octanol–water partition coefficient (Wildman–Crippen LogP) is 2.85. The highest BCUT2D eigenvalue weighted by Crippen LogP contribution is 2.43. The van der Waals surface area contributed by atoms with Crippen molar-refractivity contribution >= 4 is 5.97 Å². The summed E-state index contributed by atoms with van der Waals surface area (Å²) in [6.45, 7) is 2.40. The van der Waals surface area contributed by atoms with E-state index in [1.54, 1.807) is 24.3 Å². The van der Waals surface area contributed by atoms with Gasteiger partial charge in [-0.3, -0.25) is 19.3 Å². The number of nitrogens with zero attached hydrogens (tertiary/aromatic N) is 2. The highest BCUT2D eigenvalue weighted by atomic mass is 16.5. The van der Waals surface area contributed by atoms with Crippen molar-refractivity contribution in [1.29, 1.82) is 0 Å². The maximum absolute atomic E-state index is 13.0. The van der Waals surface area contributed by atoms with Crippen LogP contribution in [0.5, 0.6) is 23.0 Å². The van der Waals surface area contributed by atoms with Gasteiger partial charge in [-0.2, -0.15) is 0 Å². The Hall–Kier alpha value is -4.25. The molecule has 0 unspecified atom stereocenters. The van der Waals surface area contributed by atoms with Crippen molar-refractivity contribution in [2.45, 2.75) is 37.8 Å². The van der Waals surface area contributed by atoms with Crippen molar-refractivity contribution in [2.24, 2.45) is 5.92 Å². The monoisotopic (exact) mass is 566 g/mol. The minimum Gasteiger partial charge on any atom is -0.502 e. The van der Waals surface area contributed by atoms with E-state index in [9.17, 15) is 19.5 Å². The van der Waals surface area contributed by atoms with Crippen LogP contribution in [0, 0.1) is 5.92 Å². The molecule has 0 amide bonds. The smallest absolute Gasteiger partial charge is 0.306 e. The third kappa shape index (κ3) is 5.54. The molecule has 11 nitrogen and oxygen atoms in total. The van der Waals surface area contributed by atoms with Gasteiger partial charge in [0.1, 0.15) is 5.76 Å². The zero-order chi connectivity index (χ0) is 29.3. The molecule has 5 rings (SSSR count). The number of likely N-dealkylation sites (tertiary alicyclic amines) is 1. The average molecular weight is 567 g/mol. The van der Waals surface area contributed by atoms with Gasteiger partial charge in [0.05, 0.1) is 47.3 Å². The number of piperidine rings is 1. The van der Waals surface area contributed by atoms with Crippen molar-refractivity contribution in [3.8, 4) is 23.0 Å². The Balaban J connectivity index is 1.50. The fourth-order valence-electron chi connectivity index (χ4n) is 6.13. The third-order valence-electron chi connectivity index (χ3n) is 7.94. The van der Waals surface area contributed by atoms with Crippen LogP contribution in [0.15, 0.2) is 50.4 Å². The minimum atomic E-state index is -0.886. The van der Waals surface area contributed by atoms with Gasteiger partial charge in [-0.25, -0.2) is 0 Å². The van der Waals surface area contributed by atoms with Gasteiger partial charge in [0, 0.05) is 43.4 Å². The highest BCUT2D eigenvalue weighted by Gasteiger charge is 2.35. The maximum atomic E-state index is 13.0. The molecule has 218 valence electrons. The zero-order valence-electron chi connectivity index (χ0n) is 23.5. The molecule has 0 radical (unpaired) electrons. The molecule has 2 aliphatic heterocycles. The topological polar surface area (TPSA) is 130 Å². The molecule has 11 heteroatoms. The summed E-state index contributed by atoms with van der Waals surface area (Å²) in [5.41, 5.74) is 0.919. The number of methoxy groups -OCH3 is 4. The van der Waals surface area contributed by atoms with Gasteiger partial charge in [-0.1, -0.05) is 6.07 Å². The van der Waals surface area contributed by atoms with Crippen LogP contribution >= 0.6 is 0 Å². The number of hydrogen-bond donors (Lipinski definition) is 1. The number of ether oxygens (including phenoxy) is 4. The predicted molar refractivity (Wildman–Crippen MR) is 148 cm³/mol. The van der Waals surface area contributed by atoms with E-state index in [0.717, 1.165) is 18.7 Å². The van der Waals surface area contributed by atoms with E-state index in [4.69, 9.17) is 23.4 Å². The van der Waals surface area contributed by atoms with Crippen molar-refractivity contribution < 1.29 is 33.3 Å². The second-order valence-electron chi connectivity index (χ2n) is 10.5. The first-order valence-corrected chi connectivity index (χ1v) is 13.4. The average Bonchev–Trinajstić information content (AvgIpc) is 2.97. The van der Waals surface area contributed by atoms with Crippen molar-refractivity contribution in [1.82, 2.24) is 9.47 Å². The number of carbonyl (C=O) groups excluding carboxylic acids is 1. The number of pyridine rings is 1.